The largest absolute Gasteiger partial charge is 0.392 e. The molecule has 0 fully saturated rings. The van der Waals surface area contributed by atoms with E-state index in [4.69, 9.17) is 0 Å². The SMILES string of the molecule is CCN(CC)c1ccc(-c2cccc(CO)c2-c2ccc(N(CC)CC)cc2)cc1. The summed E-state index contributed by atoms with van der Waals surface area (Å²) in [5, 5.41) is 10.0. The molecule has 0 saturated carbocycles. The second-order valence-corrected chi connectivity index (χ2v) is 7.44. The Bertz CT molecular complexity index is 924. The van der Waals surface area contributed by atoms with Crippen molar-refractivity contribution in [3.63, 3.8) is 0 Å². The predicted octanol–water partition coefficient (Wildman–Crippen LogP) is 6.21. The number of aliphatic hydroxyl groups is 1. The number of benzene rings is 3. The van der Waals surface area contributed by atoms with Crippen LogP contribution in [0, 0.1) is 0 Å². The van der Waals surface area contributed by atoms with E-state index in [0.29, 0.717) is 0 Å². The molecule has 0 radical (unpaired) electrons. The summed E-state index contributed by atoms with van der Waals surface area (Å²) in [5.41, 5.74) is 8.01. The van der Waals surface area contributed by atoms with Crippen molar-refractivity contribution in [2.45, 2.75) is 34.3 Å². The van der Waals surface area contributed by atoms with Gasteiger partial charge in [-0.05, 0) is 79.8 Å². The Labute approximate surface area is 181 Å². The molecular formula is C27H34N2O. The summed E-state index contributed by atoms with van der Waals surface area (Å²) < 4.78 is 0. The first-order valence-corrected chi connectivity index (χ1v) is 11.1. The van der Waals surface area contributed by atoms with Gasteiger partial charge in [0, 0.05) is 37.6 Å². The van der Waals surface area contributed by atoms with Gasteiger partial charge in [0.1, 0.15) is 0 Å². The highest BCUT2D eigenvalue weighted by Gasteiger charge is 2.13. The van der Waals surface area contributed by atoms with Crippen molar-refractivity contribution >= 4 is 11.4 Å². The molecule has 0 aliphatic heterocycles. The zero-order chi connectivity index (χ0) is 21.5. The maximum Gasteiger partial charge on any atom is 0.0688 e. The van der Waals surface area contributed by atoms with Crippen molar-refractivity contribution in [2.24, 2.45) is 0 Å². The fourth-order valence-electron chi connectivity index (χ4n) is 4.18. The highest BCUT2D eigenvalue weighted by atomic mass is 16.3. The molecule has 30 heavy (non-hydrogen) atoms. The van der Waals surface area contributed by atoms with Crippen LogP contribution in [-0.4, -0.2) is 31.3 Å². The number of hydrogen-bond acceptors (Lipinski definition) is 3. The van der Waals surface area contributed by atoms with Gasteiger partial charge in [-0.2, -0.15) is 0 Å². The van der Waals surface area contributed by atoms with E-state index in [-0.39, 0.29) is 6.61 Å². The second-order valence-electron chi connectivity index (χ2n) is 7.44. The average molecular weight is 403 g/mol. The highest BCUT2D eigenvalue weighted by molar-refractivity contribution is 5.86. The van der Waals surface area contributed by atoms with E-state index >= 15 is 0 Å². The van der Waals surface area contributed by atoms with Gasteiger partial charge in [-0.1, -0.05) is 42.5 Å². The van der Waals surface area contributed by atoms with E-state index in [1.807, 2.05) is 12.1 Å². The summed E-state index contributed by atoms with van der Waals surface area (Å²) in [6, 6.07) is 23.7. The molecule has 158 valence electrons. The van der Waals surface area contributed by atoms with Crippen LogP contribution in [0.2, 0.25) is 0 Å². The van der Waals surface area contributed by atoms with Crippen LogP contribution in [0.25, 0.3) is 22.3 Å². The predicted molar refractivity (Wildman–Crippen MR) is 130 cm³/mol. The Kier molecular flexibility index (Phi) is 7.53. The summed E-state index contributed by atoms with van der Waals surface area (Å²) in [6.45, 7) is 12.7. The van der Waals surface area contributed by atoms with Gasteiger partial charge in [-0.25, -0.2) is 0 Å². The maximum atomic E-state index is 10.0. The molecule has 0 bridgehead atoms. The number of anilines is 2. The fraction of sp³-hybridized carbons (Fsp3) is 0.333. The number of aliphatic hydroxyl groups excluding tert-OH is 1. The van der Waals surface area contributed by atoms with Gasteiger partial charge >= 0.3 is 0 Å². The molecule has 0 atom stereocenters. The van der Waals surface area contributed by atoms with Crippen LogP contribution in [0.3, 0.4) is 0 Å². The van der Waals surface area contributed by atoms with Crippen molar-refractivity contribution in [1.82, 2.24) is 0 Å². The second kappa shape index (κ2) is 10.3. The van der Waals surface area contributed by atoms with Crippen LogP contribution in [0.15, 0.2) is 66.7 Å². The fourth-order valence-corrected chi connectivity index (χ4v) is 4.18. The van der Waals surface area contributed by atoms with E-state index in [0.717, 1.165) is 48.4 Å². The van der Waals surface area contributed by atoms with E-state index in [2.05, 4.69) is 92.1 Å². The molecule has 0 unspecified atom stereocenters. The lowest BCUT2D eigenvalue weighted by Gasteiger charge is -2.22. The summed E-state index contributed by atoms with van der Waals surface area (Å²) in [4.78, 5) is 4.69. The Balaban J connectivity index is 2.04. The molecule has 0 amide bonds. The van der Waals surface area contributed by atoms with E-state index in [1.165, 1.54) is 16.9 Å². The minimum Gasteiger partial charge on any atom is -0.392 e. The lowest BCUT2D eigenvalue weighted by molar-refractivity contribution is 0.282. The van der Waals surface area contributed by atoms with Crippen molar-refractivity contribution in [3.05, 3.63) is 72.3 Å². The van der Waals surface area contributed by atoms with Gasteiger partial charge in [0.15, 0.2) is 0 Å². The first-order valence-electron chi connectivity index (χ1n) is 11.1. The van der Waals surface area contributed by atoms with Gasteiger partial charge < -0.3 is 14.9 Å². The summed E-state index contributed by atoms with van der Waals surface area (Å²) in [6.07, 6.45) is 0. The van der Waals surface area contributed by atoms with Crippen LogP contribution < -0.4 is 9.80 Å². The molecule has 3 heteroatoms. The molecule has 0 spiro atoms. The lowest BCUT2D eigenvalue weighted by Crippen LogP contribution is -2.21. The normalized spacial score (nSPS) is 10.8. The van der Waals surface area contributed by atoms with E-state index in [9.17, 15) is 5.11 Å². The van der Waals surface area contributed by atoms with Crippen molar-refractivity contribution in [2.75, 3.05) is 36.0 Å². The Morgan fingerprint density at radius 1 is 0.600 bits per heavy atom. The molecule has 0 aromatic heterocycles. The molecule has 3 aromatic carbocycles. The molecule has 3 rings (SSSR count). The third-order valence-electron chi connectivity index (χ3n) is 5.91. The molecule has 1 N–H and O–H groups in total. The van der Waals surface area contributed by atoms with Crippen LogP contribution in [0.5, 0.6) is 0 Å². The van der Waals surface area contributed by atoms with Gasteiger partial charge in [-0.15, -0.1) is 0 Å². The van der Waals surface area contributed by atoms with Crippen LogP contribution in [0.1, 0.15) is 33.3 Å². The smallest absolute Gasteiger partial charge is 0.0688 e. The molecule has 0 aliphatic carbocycles. The molecule has 0 aliphatic rings. The molecular weight excluding hydrogens is 368 g/mol. The highest BCUT2D eigenvalue weighted by Crippen LogP contribution is 2.36. The van der Waals surface area contributed by atoms with Crippen LogP contribution in [0.4, 0.5) is 11.4 Å². The van der Waals surface area contributed by atoms with Crippen molar-refractivity contribution in [3.8, 4) is 22.3 Å². The molecule has 3 nitrogen and oxygen atoms in total. The first-order chi connectivity index (χ1) is 14.7. The monoisotopic (exact) mass is 402 g/mol. The van der Waals surface area contributed by atoms with Gasteiger partial charge in [-0.3, -0.25) is 0 Å². The summed E-state index contributed by atoms with van der Waals surface area (Å²) in [7, 11) is 0. The lowest BCUT2D eigenvalue weighted by atomic mass is 9.90. The third kappa shape index (κ3) is 4.52. The van der Waals surface area contributed by atoms with Crippen molar-refractivity contribution < 1.29 is 5.11 Å². The number of nitrogens with zero attached hydrogens (tertiary/aromatic N) is 2. The number of rotatable bonds is 9. The summed E-state index contributed by atoms with van der Waals surface area (Å²) >= 11 is 0. The quantitative estimate of drug-likeness (QED) is 0.461. The van der Waals surface area contributed by atoms with Crippen LogP contribution >= 0.6 is 0 Å². The minimum absolute atomic E-state index is 0.0263. The molecule has 0 heterocycles. The first kappa shape index (κ1) is 21.9. The topological polar surface area (TPSA) is 26.7 Å². The zero-order valence-electron chi connectivity index (χ0n) is 18.7. The van der Waals surface area contributed by atoms with E-state index < -0.39 is 0 Å². The average Bonchev–Trinajstić information content (AvgIpc) is 2.81. The number of hydrogen-bond donors (Lipinski definition) is 1. The Hall–Kier alpha value is -2.78. The Morgan fingerprint density at radius 2 is 1.07 bits per heavy atom. The summed E-state index contributed by atoms with van der Waals surface area (Å²) in [5.74, 6) is 0. The standard InChI is InChI=1S/C27H34N2O/c1-5-28(6-2)24-16-12-21(13-17-24)26-11-9-10-23(20-30)27(26)22-14-18-25(19-15-22)29(7-3)8-4/h9-19,30H,5-8,20H2,1-4H3. The minimum atomic E-state index is 0.0263. The third-order valence-corrected chi connectivity index (χ3v) is 5.91. The Morgan fingerprint density at radius 3 is 1.50 bits per heavy atom. The van der Waals surface area contributed by atoms with Gasteiger partial charge in [0.05, 0.1) is 6.61 Å². The van der Waals surface area contributed by atoms with Crippen LogP contribution in [-0.2, 0) is 6.61 Å². The van der Waals surface area contributed by atoms with E-state index in [1.54, 1.807) is 0 Å². The molecule has 0 saturated heterocycles. The molecule has 3 aromatic rings. The zero-order valence-corrected chi connectivity index (χ0v) is 18.7. The van der Waals surface area contributed by atoms with Gasteiger partial charge in [0.2, 0.25) is 0 Å². The van der Waals surface area contributed by atoms with Crippen molar-refractivity contribution in [1.29, 1.82) is 0 Å². The maximum absolute atomic E-state index is 10.0. The van der Waals surface area contributed by atoms with Gasteiger partial charge in [0.25, 0.3) is 0 Å².